The smallest absolute Gasteiger partial charge is 0.244 e. The van der Waals surface area contributed by atoms with Crippen LogP contribution >= 0.6 is 0 Å². The van der Waals surface area contributed by atoms with Gasteiger partial charge >= 0.3 is 0 Å². The van der Waals surface area contributed by atoms with Gasteiger partial charge in [-0.05, 0) is 39.0 Å². The SMILES string of the molecule is CCOc1ncccc1-c1cc(NCc2cn[nH]c2)c(NC(C)C)c(C(=N)CC(F)F)n1. The van der Waals surface area contributed by atoms with Crippen LogP contribution in [0.15, 0.2) is 36.8 Å². The van der Waals surface area contributed by atoms with Crippen molar-refractivity contribution in [1.82, 2.24) is 20.2 Å². The van der Waals surface area contributed by atoms with Crippen molar-refractivity contribution in [3.8, 4) is 17.1 Å². The van der Waals surface area contributed by atoms with E-state index in [1.165, 1.54) is 0 Å². The number of H-pyrrole nitrogens is 1. The minimum atomic E-state index is -2.65. The Bertz CT molecular complexity index is 1040. The van der Waals surface area contributed by atoms with Crippen LogP contribution < -0.4 is 15.4 Å². The molecule has 0 aliphatic heterocycles. The molecule has 3 rings (SSSR count). The van der Waals surface area contributed by atoms with E-state index >= 15 is 0 Å². The molecule has 0 aliphatic rings. The van der Waals surface area contributed by atoms with E-state index in [1.807, 2.05) is 26.8 Å². The van der Waals surface area contributed by atoms with Crippen LogP contribution in [-0.4, -0.2) is 45.0 Å². The first kappa shape index (κ1) is 23.1. The van der Waals surface area contributed by atoms with Gasteiger partial charge < -0.3 is 20.8 Å². The molecule has 0 bridgehead atoms. The first-order valence-electron chi connectivity index (χ1n) is 10.4. The van der Waals surface area contributed by atoms with Crippen molar-refractivity contribution in [3.63, 3.8) is 0 Å². The van der Waals surface area contributed by atoms with Crippen LogP contribution in [0.1, 0.15) is 38.4 Å². The lowest BCUT2D eigenvalue weighted by Crippen LogP contribution is -2.19. The number of nitrogens with zero attached hydrogens (tertiary/aromatic N) is 3. The number of pyridine rings is 2. The maximum Gasteiger partial charge on any atom is 0.244 e. The Morgan fingerprint density at radius 1 is 1.31 bits per heavy atom. The Labute approximate surface area is 185 Å². The number of rotatable bonds is 11. The van der Waals surface area contributed by atoms with E-state index in [-0.39, 0.29) is 17.4 Å². The molecule has 0 amide bonds. The fraction of sp³-hybridized carbons (Fsp3) is 0.364. The summed E-state index contributed by atoms with van der Waals surface area (Å²) in [5, 5.41) is 21.6. The van der Waals surface area contributed by atoms with Crippen LogP contribution in [0.2, 0.25) is 0 Å². The average molecular weight is 444 g/mol. The van der Waals surface area contributed by atoms with E-state index in [4.69, 9.17) is 10.1 Å². The van der Waals surface area contributed by atoms with Gasteiger partial charge in [0.05, 0.1) is 47.6 Å². The highest BCUT2D eigenvalue weighted by Gasteiger charge is 2.22. The van der Waals surface area contributed by atoms with Gasteiger partial charge in [-0.2, -0.15) is 5.10 Å². The number of alkyl halides is 2. The molecule has 3 heterocycles. The highest BCUT2D eigenvalue weighted by molar-refractivity contribution is 6.04. The summed E-state index contributed by atoms with van der Waals surface area (Å²) in [6.45, 7) is 6.57. The standard InChI is InChI=1S/C22H27F2N7O/c1-4-32-22-15(6-5-7-26-22)17-9-18(27-10-14-11-28-29-12-14)21(30-13(2)3)20(31-17)16(25)8-19(23)24/h5-7,9,11-13,19,25,30H,4,8,10H2,1-3H3,(H,27,31)(H,28,29). The van der Waals surface area contributed by atoms with Crippen LogP contribution in [0.4, 0.5) is 20.2 Å². The Morgan fingerprint density at radius 3 is 2.78 bits per heavy atom. The molecule has 170 valence electrons. The number of nitrogens with one attached hydrogen (secondary N) is 4. The van der Waals surface area contributed by atoms with Crippen LogP contribution in [0.25, 0.3) is 11.3 Å². The average Bonchev–Trinajstić information content (AvgIpc) is 3.26. The maximum absolute atomic E-state index is 13.1. The molecule has 32 heavy (non-hydrogen) atoms. The van der Waals surface area contributed by atoms with Gasteiger partial charge in [-0.3, -0.25) is 5.10 Å². The summed E-state index contributed by atoms with van der Waals surface area (Å²) < 4.78 is 31.9. The zero-order valence-corrected chi connectivity index (χ0v) is 18.2. The summed E-state index contributed by atoms with van der Waals surface area (Å²) >= 11 is 0. The Hall–Kier alpha value is -3.56. The van der Waals surface area contributed by atoms with Gasteiger partial charge in [0.25, 0.3) is 0 Å². The normalized spacial score (nSPS) is 11.1. The molecule has 0 saturated carbocycles. The molecule has 3 aromatic heterocycles. The Balaban J connectivity index is 2.15. The summed E-state index contributed by atoms with van der Waals surface area (Å²) in [4.78, 5) is 8.87. The number of anilines is 2. The van der Waals surface area contributed by atoms with E-state index < -0.39 is 12.8 Å². The fourth-order valence-electron chi connectivity index (χ4n) is 3.14. The molecular weight excluding hydrogens is 416 g/mol. The maximum atomic E-state index is 13.1. The lowest BCUT2D eigenvalue weighted by atomic mass is 10.1. The van der Waals surface area contributed by atoms with Gasteiger partial charge in [0, 0.05) is 30.5 Å². The van der Waals surface area contributed by atoms with Crippen LogP contribution in [-0.2, 0) is 6.54 Å². The highest BCUT2D eigenvalue weighted by Crippen LogP contribution is 2.35. The first-order chi connectivity index (χ1) is 15.4. The van der Waals surface area contributed by atoms with Crippen molar-refractivity contribution in [2.45, 2.75) is 46.2 Å². The third-order valence-electron chi connectivity index (χ3n) is 4.46. The molecule has 0 aliphatic carbocycles. The van der Waals surface area contributed by atoms with Crippen molar-refractivity contribution in [2.24, 2.45) is 0 Å². The fourth-order valence-corrected chi connectivity index (χ4v) is 3.14. The molecule has 0 aromatic carbocycles. The molecular formula is C22H27F2N7O. The van der Waals surface area contributed by atoms with Crippen molar-refractivity contribution < 1.29 is 13.5 Å². The van der Waals surface area contributed by atoms with Crippen molar-refractivity contribution in [3.05, 3.63) is 48.0 Å². The van der Waals surface area contributed by atoms with Gasteiger partial charge in [-0.15, -0.1) is 0 Å². The predicted molar refractivity (Wildman–Crippen MR) is 121 cm³/mol. The van der Waals surface area contributed by atoms with Crippen molar-refractivity contribution >= 4 is 17.1 Å². The van der Waals surface area contributed by atoms with Crippen molar-refractivity contribution in [1.29, 1.82) is 5.41 Å². The Morgan fingerprint density at radius 2 is 2.12 bits per heavy atom. The molecule has 0 radical (unpaired) electrons. The molecule has 10 heteroatoms. The second kappa shape index (κ2) is 10.7. The molecule has 3 aromatic rings. The second-order valence-electron chi connectivity index (χ2n) is 7.40. The van der Waals surface area contributed by atoms with Crippen LogP contribution in [0, 0.1) is 5.41 Å². The van der Waals surface area contributed by atoms with Crippen LogP contribution in [0.3, 0.4) is 0 Å². The van der Waals surface area contributed by atoms with Crippen LogP contribution in [0.5, 0.6) is 5.88 Å². The second-order valence-corrected chi connectivity index (χ2v) is 7.40. The number of aromatic nitrogens is 4. The van der Waals surface area contributed by atoms with E-state index in [0.29, 0.717) is 41.7 Å². The number of hydrogen-bond acceptors (Lipinski definition) is 7. The number of hydrogen-bond donors (Lipinski definition) is 4. The monoisotopic (exact) mass is 443 g/mol. The molecule has 0 spiro atoms. The molecule has 0 atom stereocenters. The van der Waals surface area contributed by atoms with E-state index in [1.54, 1.807) is 30.7 Å². The third kappa shape index (κ3) is 5.77. The highest BCUT2D eigenvalue weighted by atomic mass is 19.3. The first-order valence-corrected chi connectivity index (χ1v) is 10.4. The lowest BCUT2D eigenvalue weighted by Gasteiger charge is -2.21. The van der Waals surface area contributed by atoms with E-state index in [0.717, 1.165) is 5.56 Å². The topological polar surface area (TPSA) is 112 Å². The summed E-state index contributed by atoms with van der Waals surface area (Å²) in [6, 6.07) is 5.36. The summed E-state index contributed by atoms with van der Waals surface area (Å²) in [5.41, 5.74) is 3.04. The van der Waals surface area contributed by atoms with Gasteiger partial charge in [0.1, 0.15) is 5.69 Å². The minimum Gasteiger partial charge on any atom is -0.477 e. The molecule has 4 N–H and O–H groups in total. The molecule has 0 unspecified atom stereocenters. The summed E-state index contributed by atoms with van der Waals surface area (Å²) in [6.07, 6.45) is 1.72. The summed E-state index contributed by atoms with van der Waals surface area (Å²) in [7, 11) is 0. The molecule has 0 fully saturated rings. The zero-order valence-electron chi connectivity index (χ0n) is 18.2. The number of halogens is 2. The summed E-state index contributed by atoms with van der Waals surface area (Å²) in [5.74, 6) is 0.388. The predicted octanol–water partition coefficient (Wildman–Crippen LogP) is 4.72. The molecule has 0 saturated heterocycles. The lowest BCUT2D eigenvalue weighted by molar-refractivity contribution is 0.157. The van der Waals surface area contributed by atoms with Gasteiger partial charge in [0.15, 0.2) is 0 Å². The minimum absolute atomic E-state index is 0.00685. The van der Waals surface area contributed by atoms with Gasteiger partial charge in [0.2, 0.25) is 12.3 Å². The number of ether oxygens (including phenoxy) is 1. The van der Waals surface area contributed by atoms with Crippen molar-refractivity contribution in [2.75, 3.05) is 17.2 Å². The van der Waals surface area contributed by atoms with Gasteiger partial charge in [-0.1, -0.05) is 0 Å². The van der Waals surface area contributed by atoms with E-state index in [2.05, 4.69) is 30.8 Å². The van der Waals surface area contributed by atoms with E-state index in [9.17, 15) is 8.78 Å². The Kier molecular flexibility index (Phi) is 7.69. The zero-order chi connectivity index (χ0) is 23.1. The number of aromatic amines is 1. The largest absolute Gasteiger partial charge is 0.477 e. The quantitative estimate of drug-likeness (QED) is 0.319. The van der Waals surface area contributed by atoms with Gasteiger partial charge in [-0.25, -0.2) is 18.7 Å². The molecule has 8 nitrogen and oxygen atoms in total. The third-order valence-corrected chi connectivity index (χ3v) is 4.46.